The van der Waals surface area contributed by atoms with Crippen LogP contribution in [0.5, 0.6) is 0 Å². The number of carboxylic acids is 1. The Balaban J connectivity index is 2.62. The third kappa shape index (κ3) is 6.26. The van der Waals surface area contributed by atoms with Gasteiger partial charge in [-0.25, -0.2) is 26.2 Å². The van der Waals surface area contributed by atoms with Crippen LogP contribution < -0.4 is 4.72 Å². The van der Waals surface area contributed by atoms with Crippen LogP contribution in [0.15, 0.2) is 6.20 Å². The molecule has 0 unspecified atom stereocenters. The third-order valence-electron chi connectivity index (χ3n) is 1.73. The fourth-order valence-corrected chi connectivity index (χ4v) is 4.10. The number of aromatic nitrogens is 3. The Morgan fingerprint density at radius 2 is 2.05 bits per heavy atom. The van der Waals surface area contributed by atoms with Crippen LogP contribution in [-0.4, -0.2) is 54.2 Å². The first-order chi connectivity index (χ1) is 8.57. The van der Waals surface area contributed by atoms with E-state index < -0.39 is 37.5 Å². The van der Waals surface area contributed by atoms with E-state index in [1.807, 2.05) is 4.72 Å². The number of hydrogen-bond donors (Lipinski definition) is 2. The molecule has 1 heterocycles. The normalized spacial score (nSPS) is 12.5. The molecule has 0 spiro atoms. The zero-order valence-corrected chi connectivity index (χ0v) is 11.5. The topological polar surface area (TPSA) is 148 Å². The van der Waals surface area contributed by atoms with Gasteiger partial charge in [-0.2, -0.15) is 0 Å². The van der Waals surface area contributed by atoms with E-state index in [9.17, 15) is 21.6 Å². The van der Waals surface area contributed by atoms with Crippen molar-refractivity contribution in [3.8, 4) is 0 Å². The van der Waals surface area contributed by atoms with E-state index in [-0.39, 0.29) is 12.2 Å². The number of carboxylic acid groups (broad SMARTS) is 1. The van der Waals surface area contributed by atoms with Gasteiger partial charge >= 0.3 is 5.97 Å². The minimum absolute atomic E-state index is 0.179. The van der Waals surface area contributed by atoms with Crippen molar-refractivity contribution in [2.75, 3.05) is 11.3 Å². The molecule has 0 aliphatic carbocycles. The van der Waals surface area contributed by atoms with Crippen molar-refractivity contribution in [2.45, 2.75) is 13.1 Å². The van der Waals surface area contributed by atoms with E-state index in [1.165, 1.54) is 6.20 Å². The van der Waals surface area contributed by atoms with Gasteiger partial charge in [-0.3, -0.25) is 4.79 Å². The van der Waals surface area contributed by atoms with Gasteiger partial charge in [0.15, 0.2) is 14.9 Å². The average Bonchev–Trinajstić information content (AvgIpc) is 2.58. The highest BCUT2D eigenvalue weighted by Crippen LogP contribution is 1.97. The summed E-state index contributed by atoms with van der Waals surface area (Å²) in [4.78, 5) is 10.4. The van der Waals surface area contributed by atoms with E-state index in [0.717, 1.165) is 10.9 Å². The van der Waals surface area contributed by atoms with Crippen LogP contribution in [-0.2, 0) is 37.7 Å². The molecular weight excluding hydrogens is 300 g/mol. The van der Waals surface area contributed by atoms with Crippen LogP contribution >= 0.6 is 0 Å². The van der Waals surface area contributed by atoms with Gasteiger partial charge in [0.05, 0.1) is 18.4 Å². The smallest absolute Gasteiger partial charge is 0.325 e. The molecule has 0 aliphatic heterocycles. The Hall–Kier alpha value is -1.53. The molecule has 108 valence electrons. The molecule has 0 atom stereocenters. The first-order valence-electron chi connectivity index (χ1n) is 4.83. The minimum Gasteiger partial charge on any atom is -0.480 e. The second kappa shape index (κ2) is 5.63. The number of sulfonamides is 1. The number of carbonyl (C=O) groups is 1. The van der Waals surface area contributed by atoms with E-state index in [1.54, 1.807) is 0 Å². The molecule has 1 aromatic heterocycles. The Bertz CT molecular complexity index is 662. The molecule has 1 rings (SSSR count). The Kier molecular flexibility index (Phi) is 4.60. The van der Waals surface area contributed by atoms with Gasteiger partial charge in [0.25, 0.3) is 0 Å². The van der Waals surface area contributed by atoms with Gasteiger partial charge in [0.2, 0.25) is 10.0 Å². The molecule has 12 heteroatoms. The van der Waals surface area contributed by atoms with Crippen molar-refractivity contribution in [1.29, 1.82) is 0 Å². The van der Waals surface area contributed by atoms with Gasteiger partial charge in [-0.15, -0.1) is 5.10 Å². The molecule has 0 radical (unpaired) electrons. The van der Waals surface area contributed by atoms with Gasteiger partial charge in [0.1, 0.15) is 6.54 Å². The second-order valence-corrected chi connectivity index (χ2v) is 8.09. The molecule has 0 aliphatic rings. The molecule has 0 amide bonds. The Morgan fingerprint density at radius 1 is 1.42 bits per heavy atom. The molecule has 19 heavy (non-hydrogen) atoms. The quantitative estimate of drug-likeness (QED) is 0.575. The maximum atomic E-state index is 11.4. The minimum atomic E-state index is -3.98. The summed E-state index contributed by atoms with van der Waals surface area (Å²) < 4.78 is 47.5. The number of rotatable bonds is 7. The molecular formula is C7H12N4O6S2. The maximum absolute atomic E-state index is 11.4. The molecule has 1 aromatic rings. The third-order valence-corrected chi connectivity index (χ3v) is 5.26. The van der Waals surface area contributed by atoms with Crippen LogP contribution in [0, 0.1) is 0 Å². The van der Waals surface area contributed by atoms with Gasteiger partial charge < -0.3 is 5.11 Å². The number of nitrogens with one attached hydrogen (secondary N) is 1. The van der Waals surface area contributed by atoms with Crippen molar-refractivity contribution in [3.05, 3.63) is 11.9 Å². The first-order valence-corrected chi connectivity index (χ1v) is 8.54. The zero-order valence-electron chi connectivity index (χ0n) is 9.85. The summed E-state index contributed by atoms with van der Waals surface area (Å²) in [5.74, 6) is -1.12. The van der Waals surface area contributed by atoms with Crippen molar-refractivity contribution in [1.82, 2.24) is 19.7 Å². The van der Waals surface area contributed by atoms with Crippen molar-refractivity contribution >= 4 is 25.8 Å². The van der Waals surface area contributed by atoms with Crippen molar-refractivity contribution in [2.24, 2.45) is 0 Å². The summed E-state index contributed by atoms with van der Waals surface area (Å²) >= 11 is 0. The van der Waals surface area contributed by atoms with E-state index >= 15 is 0 Å². The SMILES string of the molecule is CS(=O)(=O)CS(=O)(=O)NCc1cn(CC(=O)O)nn1. The molecule has 0 aromatic carbocycles. The van der Waals surface area contributed by atoms with E-state index in [2.05, 4.69) is 10.3 Å². The predicted octanol–water partition coefficient (Wildman–Crippen LogP) is -2.22. The fourth-order valence-electron chi connectivity index (χ4n) is 1.14. The monoisotopic (exact) mass is 312 g/mol. The molecule has 0 saturated heterocycles. The first kappa shape index (κ1) is 15.5. The lowest BCUT2D eigenvalue weighted by Gasteiger charge is -2.02. The number of hydrogen-bond acceptors (Lipinski definition) is 7. The molecule has 0 fully saturated rings. The standard InChI is InChI=1S/C7H12N4O6S2/c1-18(14,15)5-19(16,17)8-2-6-3-11(10-9-6)4-7(12)13/h3,8H,2,4-5H2,1H3,(H,12,13). The summed E-state index contributed by atoms with van der Waals surface area (Å²) in [6.45, 7) is -0.666. The fraction of sp³-hybridized carbons (Fsp3) is 0.571. The van der Waals surface area contributed by atoms with Crippen LogP contribution in [0.1, 0.15) is 5.69 Å². The zero-order chi connectivity index (χ0) is 14.7. The highest BCUT2D eigenvalue weighted by molar-refractivity contribution is 8.06. The maximum Gasteiger partial charge on any atom is 0.325 e. The highest BCUT2D eigenvalue weighted by atomic mass is 32.3. The van der Waals surface area contributed by atoms with Gasteiger partial charge in [0, 0.05) is 6.26 Å². The molecule has 2 N–H and O–H groups in total. The van der Waals surface area contributed by atoms with Gasteiger partial charge in [-0.1, -0.05) is 5.21 Å². The number of aliphatic carboxylic acids is 1. The second-order valence-electron chi connectivity index (χ2n) is 3.78. The largest absolute Gasteiger partial charge is 0.480 e. The van der Waals surface area contributed by atoms with Crippen LogP contribution in [0.25, 0.3) is 0 Å². The number of nitrogens with zero attached hydrogens (tertiary/aromatic N) is 3. The van der Waals surface area contributed by atoms with Crippen LogP contribution in [0.3, 0.4) is 0 Å². The van der Waals surface area contributed by atoms with Crippen molar-refractivity contribution < 1.29 is 26.7 Å². The van der Waals surface area contributed by atoms with E-state index in [0.29, 0.717) is 0 Å². The lowest BCUT2D eigenvalue weighted by molar-refractivity contribution is -0.137. The highest BCUT2D eigenvalue weighted by Gasteiger charge is 2.18. The lowest BCUT2D eigenvalue weighted by Crippen LogP contribution is -2.29. The van der Waals surface area contributed by atoms with Crippen molar-refractivity contribution in [3.63, 3.8) is 0 Å². The summed E-state index contributed by atoms with van der Waals surface area (Å²) in [5, 5.41) is 14.5. The van der Waals surface area contributed by atoms with Crippen LogP contribution in [0.2, 0.25) is 0 Å². The molecule has 10 nitrogen and oxygen atoms in total. The predicted molar refractivity (Wildman–Crippen MR) is 63.1 cm³/mol. The summed E-state index contributed by atoms with van der Waals surface area (Å²) in [6, 6.07) is 0. The Labute approximate surface area is 109 Å². The molecule has 0 bridgehead atoms. The summed E-state index contributed by atoms with van der Waals surface area (Å²) in [5.41, 5.74) is 0.179. The summed E-state index contributed by atoms with van der Waals surface area (Å²) in [7, 11) is -7.65. The summed E-state index contributed by atoms with van der Waals surface area (Å²) in [6.07, 6.45) is 2.05. The average molecular weight is 312 g/mol. The lowest BCUT2D eigenvalue weighted by atomic mass is 10.5. The Morgan fingerprint density at radius 3 is 2.58 bits per heavy atom. The molecule has 0 saturated carbocycles. The van der Waals surface area contributed by atoms with Crippen LogP contribution in [0.4, 0.5) is 0 Å². The van der Waals surface area contributed by atoms with Gasteiger partial charge in [-0.05, 0) is 0 Å². The number of sulfone groups is 1. The van der Waals surface area contributed by atoms with E-state index in [4.69, 9.17) is 5.11 Å².